The van der Waals surface area contributed by atoms with Crippen LogP contribution in [0.4, 0.5) is 5.69 Å². The van der Waals surface area contributed by atoms with E-state index >= 15 is 0 Å². The van der Waals surface area contributed by atoms with Crippen LogP contribution in [0.1, 0.15) is 31.2 Å². The van der Waals surface area contributed by atoms with Crippen LogP contribution in [-0.2, 0) is 11.4 Å². The van der Waals surface area contributed by atoms with E-state index in [1.54, 1.807) is 13.4 Å². The zero-order valence-corrected chi connectivity index (χ0v) is 14.8. The van der Waals surface area contributed by atoms with Crippen LogP contribution < -0.4 is 9.04 Å². The van der Waals surface area contributed by atoms with Gasteiger partial charge in [-0.15, -0.1) is 0 Å². The third-order valence-electron chi connectivity index (χ3n) is 4.20. The van der Waals surface area contributed by atoms with Gasteiger partial charge in [-0.2, -0.15) is 4.31 Å². The fourth-order valence-electron chi connectivity index (χ4n) is 3.00. The molecule has 1 aromatic carbocycles. The van der Waals surface area contributed by atoms with Gasteiger partial charge in [0.2, 0.25) is 0 Å². The van der Waals surface area contributed by atoms with E-state index in [0.29, 0.717) is 0 Å². The molecule has 22 heavy (non-hydrogen) atoms. The summed E-state index contributed by atoms with van der Waals surface area (Å²) in [6, 6.07) is 6.03. The highest BCUT2D eigenvalue weighted by molar-refractivity contribution is 7.92. The number of aryl methyl sites for hydroxylation is 1. The quantitative estimate of drug-likeness (QED) is 0.723. The Kier molecular flexibility index (Phi) is 6.86. The normalized spacial score (nSPS) is 17.3. The highest BCUT2D eigenvalue weighted by atomic mass is 32.2. The number of anilines is 1. The first-order valence-corrected chi connectivity index (χ1v) is 9.61. The first-order chi connectivity index (χ1) is 10.6. The predicted octanol–water partition coefficient (Wildman–Crippen LogP) is 2.98. The van der Waals surface area contributed by atoms with E-state index in [1.807, 2.05) is 23.4 Å². The molecule has 0 saturated carbocycles. The van der Waals surface area contributed by atoms with Crippen LogP contribution in [0.5, 0.6) is 5.75 Å². The number of hydrogen-bond acceptors (Lipinski definition) is 4. The zero-order valence-electron chi connectivity index (χ0n) is 14.0. The van der Waals surface area contributed by atoms with Crippen LogP contribution in [0.2, 0.25) is 0 Å². The van der Waals surface area contributed by atoms with Crippen molar-refractivity contribution >= 4 is 17.0 Å². The lowest BCUT2D eigenvalue weighted by molar-refractivity contribution is 0.228. The van der Waals surface area contributed by atoms with E-state index in [2.05, 4.69) is 11.0 Å². The van der Waals surface area contributed by atoms with Crippen LogP contribution in [0.15, 0.2) is 18.2 Å². The number of piperidine rings is 1. The highest BCUT2D eigenvalue weighted by Crippen LogP contribution is 2.31. The molecular formula is C17H28N2O2S. The number of methoxy groups -OCH3 is 1. The smallest absolute Gasteiger partial charge is 0.146 e. The second-order valence-electron chi connectivity index (χ2n) is 5.96. The van der Waals surface area contributed by atoms with Gasteiger partial charge in [0.1, 0.15) is 17.7 Å². The van der Waals surface area contributed by atoms with Crippen LogP contribution >= 0.6 is 0 Å². The summed E-state index contributed by atoms with van der Waals surface area (Å²) >= 11 is -1.05. The highest BCUT2D eigenvalue weighted by Gasteiger charge is 2.21. The van der Waals surface area contributed by atoms with Gasteiger partial charge >= 0.3 is 0 Å². The molecule has 1 aliphatic rings. The van der Waals surface area contributed by atoms with Gasteiger partial charge in [-0.05, 0) is 63.5 Å². The number of nitrogens with zero attached hydrogens (tertiary/aromatic N) is 2. The lowest BCUT2D eigenvalue weighted by atomic mass is 10.1. The Hall–Kier alpha value is -0.910. The van der Waals surface area contributed by atoms with Crippen molar-refractivity contribution in [3.05, 3.63) is 23.8 Å². The Balaban J connectivity index is 1.98. The molecule has 1 aromatic rings. The van der Waals surface area contributed by atoms with Gasteiger partial charge < -0.3 is 14.2 Å². The molecule has 0 aliphatic carbocycles. The molecule has 1 unspecified atom stereocenters. The lowest BCUT2D eigenvalue weighted by Gasteiger charge is -2.29. The van der Waals surface area contributed by atoms with Gasteiger partial charge in [0.15, 0.2) is 0 Å². The SMILES string of the molecule is COc1ccc(C)cc1N(CCCN1CCCCC1)[S+](C)[O-]. The third kappa shape index (κ3) is 4.80. The molecule has 1 fully saturated rings. The molecule has 1 atom stereocenters. The molecule has 1 aliphatic heterocycles. The molecule has 0 radical (unpaired) electrons. The van der Waals surface area contributed by atoms with E-state index < -0.39 is 11.4 Å². The minimum Gasteiger partial charge on any atom is -0.593 e. The van der Waals surface area contributed by atoms with Crippen molar-refractivity contribution in [2.75, 3.05) is 43.8 Å². The third-order valence-corrected chi connectivity index (χ3v) is 5.20. The minimum atomic E-state index is -1.05. The Morgan fingerprint density at radius 2 is 2.00 bits per heavy atom. The van der Waals surface area contributed by atoms with Crippen molar-refractivity contribution in [1.82, 2.24) is 4.90 Å². The van der Waals surface area contributed by atoms with E-state index in [-0.39, 0.29) is 0 Å². The molecular weight excluding hydrogens is 296 g/mol. The van der Waals surface area contributed by atoms with Crippen LogP contribution in [-0.4, -0.2) is 49.0 Å². The maximum absolute atomic E-state index is 12.2. The summed E-state index contributed by atoms with van der Waals surface area (Å²) in [5, 5.41) is 0. The monoisotopic (exact) mass is 324 g/mol. The Morgan fingerprint density at radius 1 is 1.27 bits per heavy atom. The summed E-state index contributed by atoms with van der Waals surface area (Å²) in [7, 11) is 1.67. The van der Waals surface area contributed by atoms with Crippen molar-refractivity contribution in [2.24, 2.45) is 0 Å². The average Bonchev–Trinajstić information content (AvgIpc) is 2.52. The van der Waals surface area contributed by atoms with Crippen LogP contribution in [0, 0.1) is 6.92 Å². The van der Waals surface area contributed by atoms with Gasteiger partial charge in [-0.3, -0.25) is 0 Å². The second kappa shape index (κ2) is 8.65. The molecule has 0 amide bonds. The number of hydrogen-bond donors (Lipinski definition) is 0. The largest absolute Gasteiger partial charge is 0.593 e. The molecule has 0 aromatic heterocycles. The number of benzene rings is 1. The minimum absolute atomic E-state index is 0.791. The number of rotatable bonds is 7. The fraction of sp³-hybridized carbons (Fsp3) is 0.647. The van der Waals surface area contributed by atoms with Crippen LogP contribution in [0.3, 0.4) is 0 Å². The summed E-state index contributed by atoms with van der Waals surface area (Å²) in [6.07, 6.45) is 6.76. The van der Waals surface area contributed by atoms with Crippen molar-refractivity contribution in [3.8, 4) is 5.75 Å². The molecule has 0 N–H and O–H groups in total. The Morgan fingerprint density at radius 3 is 2.64 bits per heavy atom. The molecule has 1 saturated heterocycles. The van der Waals surface area contributed by atoms with Crippen molar-refractivity contribution < 1.29 is 9.29 Å². The molecule has 2 rings (SSSR count). The van der Waals surface area contributed by atoms with Crippen molar-refractivity contribution in [1.29, 1.82) is 0 Å². The summed E-state index contributed by atoms with van der Waals surface area (Å²) in [4.78, 5) is 2.52. The molecule has 1 heterocycles. The van der Waals surface area contributed by atoms with E-state index in [4.69, 9.17) is 4.74 Å². The van der Waals surface area contributed by atoms with Crippen molar-refractivity contribution in [2.45, 2.75) is 32.6 Å². The first-order valence-electron chi connectivity index (χ1n) is 8.10. The molecule has 124 valence electrons. The molecule has 4 nitrogen and oxygen atoms in total. The standard InChI is InChI=1S/C17H28N2O2S/c1-15-8-9-17(21-2)16(14-15)19(22(3)20)13-7-12-18-10-5-4-6-11-18/h8-9,14H,4-7,10-13H2,1-3H3. The van der Waals surface area contributed by atoms with E-state index in [0.717, 1.165) is 36.5 Å². The lowest BCUT2D eigenvalue weighted by Crippen LogP contribution is -2.35. The Labute approximate surface area is 137 Å². The number of likely N-dealkylation sites (tertiary alicyclic amines) is 1. The zero-order chi connectivity index (χ0) is 15.9. The molecule has 0 spiro atoms. The van der Waals surface area contributed by atoms with Gasteiger partial charge in [0.05, 0.1) is 25.0 Å². The maximum Gasteiger partial charge on any atom is 0.146 e. The van der Waals surface area contributed by atoms with E-state index in [9.17, 15) is 4.55 Å². The summed E-state index contributed by atoms with van der Waals surface area (Å²) in [5.74, 6) is 0.791. The summed E-state index contributed by atoms with van der Waals surface area (Å²) in [5.41, 5.74) is 2.09. The average molecular weight is 324 g/mol. The second-order valence-corrected chi connectivity index (χ2v) is 7.25. The maximum atomic E-state index is 12.2. The van der Waals surface area contributed by atoms with Gasteiger partial charge in [0.25, 0.3) is 0 Å². The predicted molar refractivity (Wildman–Crippen MR) is 94.1 cm³/mol. The Bertz CT molecular complexity index is 462. The first kappa shape index (κ1) is 17.4. The number of ether oxygens (including phenoxy) is 1. The molecule has 5 heteroatoms. The van der Waals surface area contributed by atoms with Gasteiger partial charge in [-0.1, -0.05) is 12.5 Å². The van der Waals surface area contributed by atoms with E-state index in [1.165, 1.54) is 32.4 Å². The molecule has 0 bridgehead atoms. The van der Waals surface area contributed by atoms with Crippen molar-refractivity contribution in [3.63, 3.8) is 0 Å². The summed E-state index contributed by atoms with van der Waals surface area (Å²) < 4.78 is 19.6. The van der Waals surface area contributed by atoms with Gasteiger partial charge in [0, 0.05) is 0 Å². The van der Waals surface area contributed by atoms with Gasteiger partial charge in [-0.25, -0.2) is 0 Å². The van der Waals surface area contributed by atoms with Crippen LogP contribution in [0.25, 0.3) is 0 Å². The summed E-state index contributed by atoms with van der Waals surface area (Å²) in [6.45, 7) is 6.35. The fourth-order valence-corrected chi connectivity index (χ4v) is 3.81. The topological polar surface area (TPSA) is 38.8 Å².